The molecule has 0 fully saturated rings. The first-order chi connectivity index (χ1) is 6.88. The summed E-state index contributed by atoms with van der Waals surface area (Å²) in [6.07, 6.45) is 0. The molecule has 2 aromatic carbocycles. The minimum absolute atomic E-state index is 0. The van der Waals surface area contributed by atoms with E-state index in [4.69, 9.17) is 0 Å². The molecule has 0 N–H and O–H groups in total. The average Bonchev–Trinajstić information content (AvgIpc) is 2.30. The normalized spacial score (nSPS) is 9.06. The van der Waals surface area contributed by atoms with Gasteiger partial charge in [0.15, 0.2) is 0 Å². The summed E-state index contributed by atoms with van der Waals surface area (Å²) >= 11 is 0. The van der Waals surface area contributed by atoms with Crippen LogP contribution in [0, 0.1) is 0 Å². The summed E-state index contributed by atoms with van der Waals surface area (Å²) in [7, 11) is -1.79. The molecule has 88 valence electrons. The van der Waals surface area contributed by atoms with Crippen molar-refractivity contribution in [1.82, 2.24) is 0 Å². The van der Waals surface area contributed by atoms with Crippen molar-refractivity contribution in [3.05, 3.63) is 60.7 Å². The second-order valence-electron chi connectivity index (χ2n) is 3.06. The van der Waals surface area contributed by atoms with Crippen LogP contribution in [0.4, 0.5) is 0 Å². The predicted octanol–water partition coefficient (Wildman–Crippen LogP) is -0.801. The number of rotatable bonds is 2. The zero-order valence-corrected chi connectivity index (χ0v) is 11.7. The maximum Gasteiger partial charge on any atom is 0.131 e. The van der Waals surface area contributed by atoms with Gasteiger partial charge in [0.05, 0.1) is 0 Å². The van der Waals surface area contributed by atoms with E-state index < -0.39 is 7.80 Å². The number of halogens is 1. The molecule has 0 radical (unpaired) electrons. The molecule has 16 heavy (non-hydrogen) atoms. The molecular formula is C12H11ClOPPd-. The smallest absolute Gasteiger partial charge is 0.131 e. The van der Waals surface area contributed by atoms with Crippen LogP contribution < -0.4 is 23.0 Å². The molecule has 0 aliphatic carbocycles. The Hall–Kier alpha value is -0.378. The molecule has 2 aromatic rings. The van der Waals surface area contributed by atoms with E-state index in [9.17, 15) is 4.57 Å². The van der Waals surface area contributed by atoms with Crippen LogP contribution in [0.3, 0.4) is 0 Å². The molecule has 0 unspecified atom stereocenters. The van der Waals surface area contributed by atoms with Crippen molar-refractivity contribution in [2.24, 2.45) is 0 Å². The minimum Gasteiger partial charge on any atom is -1.00 e. The molecule has 0 atom stereocenters. The van der Waals surface area contributed by atoms with Crippen molar-refractivity contribution in [2.45, 2.75) is 0 Å². The van der Waals surface area contributed by atoms with Gasteiger partial charge in [-0.25, -0.2) is 0 Å². The Balaban J connectivity index is 0.00000112. The van der Waals surface area contributed by atoms with E-state index in [1.807, 2.05) is 60.7 Å². The Morgan fingerprint density at radius 1 is 0.688 bits per heavy atom. The molecule has 0 aliphatic heterocycles. The van der Waals surface area contributed by atoms with E-state index in [0.717, 1.165) is 10.6 Å². The molecule has 0 bridgehead atoms. The van der Waals surface area contributed by atoms with Crippen LogP contribution in [0.25, 0.3) is 0 Å². The molecule has 0 spiro atoms. The molecule has 4 heteroatoms. The van der Waals surface area contributed by atoms with Crippen molar-refractivity contribution in [3.63, 3.8) is 0 Å². The van der Waals surface area contributed by atoms with Gasteiger partial charge in [-0.15, -0.1) is 0 Å². The summed E-state index contributed by atoms with van der Waals surface area (Å²) < 4.78 is 12.0. The van der Waals surface area contributed by atoms with E-state index in [0.29, 0.717) is 0 Å². The van der Waals surface area contributed by atoms with Gasteiger partial charge in [-0.3, -0.25) is 0 Å². The molecule has 0 amide bonds. The maximum absolute atomic E-state index is 12.0. The van der Waals surface area contributed by atoms with Crippen LogP contribution in [-0.2, 0) is 25.0 Å². The van der Waals surface area contributed by atoms with Gasteiger partial charge in [0.2, 0.25) is 0 Å². The minimum atomic E-state index is -1.79. The number of hydrogen-bond acceptors (Lipinski definition) is 1. The largest absolute Gasteiger partial charge is 1.00 e. The second-order valence-corrected chi connectivity index (χ2v) is 4.87. The van der Waals surface area contributed by atoms with E-state index in [1.165, 1.54) is 0 Å². The van der Waals surface area contributed by atoms with Crippen LogP contribution in [0.15, 0.2) is 60.7 Å². The van der Waals surface area contributed by atoms with E-state index >= 15 is 0 Å². The fourth-order valence-electron chi connectivity index (χ4n) is 1.35. The summed E-state index contributed by atoms with van der Waals surface area (Å²) in [4.78, 5) is 0. The molecule has 0 aliphatic rings. The van der Waals surface area contributed by atoms with Crippen LogP contribution in [0.2, 0.25) is 0 Å². The van der Waals surface area contributed by atoms with Gasteiger partial charge in [-0.1, -0.05) is 60.7 Å². The van der Waals surface area contributed by atoms with Crippen molar-refractivity contribution in [2.75, 3.05) is 0 Å². The Morgan fingerprint density at radius 3 is 1.31 bits per heavy atom. The van der Waals surface area contributed by atoms with Gasteiger partial charge in [0, 0.05) is 31.0 Å². The van der Waals surface area contributed by atoms with Crippen LogP contribution in [0.5, 0.6) is 0 Å². The van der Waals surface area contributed by atoms with Crippen molar-refractivity contribution in [1.29, 1.82) is 0 Å². The van der Waals surface area contributed by atoms with E-state index in [1.54, 1.807) is 0 Å². The average molecular weight is 344 g/mol. The van der Waals surface area contributed by atoms with Gasteiger partial charge in [-0.05, 0) is 0 Å². The Labute approximate surface area is 116 Å². The molecule has 1 nitrogen and oxygen atoms in total. The summed E-state index contributed by atoms with van der Waals surface area (Å²) in [6, 6.07) is 19.2. The zero-order valence-electron chi connectivity index (χ0n) is 8.38. The Kier molecular flexibility index (Phi) is 7.64. The fraction of sp³-hybridized carbons (Fsp3) is 0. The first kappa shape index (κ1) is 15.6. The third kappa shape index (κ3) is 3.89. The van der Waals surface area contributed by atoms with Crippen molar-refractivity contribution >= 4 is 18.4 Å². The van der Waals surface area contributed by atoms with Gasteiger partial charge >= 0.3 is 0 Å². The summed E-state index contributed by atoms with van der Waals surface area (Å²) in [6.45, 7) is 0. The standard InChI is InChI=1S/C12H11OP.ClH.Pd/c13-14(11-7-3-1-4-8-11)12-9-5-2-6-10-12;;/h1-10,14H;1H;/p-1. The van der Waals surface area contributed by atoms with Crippen molar-refractivity contribution in [3.8, 4) is 0 Å². The summed E-state index contributed by atoms with van der Waals surface area (Å²) in [5.74, 6) is 0. The Bertz CT molecular complexity index is 392. The summed E-state index contributed by atoms with van der Waals surface area (Å²) in [5, 5.41) is 1.84. The second kappa shape index (κ2) is 7.82. The zero-order chi connectivity index (χ0) is 9.80. The quantitative estimate of drug-likeness (QED) is 0.515. The topological polar surface area (TPSA) is 17.1 Å². The van der Waals surface area contributed by atoms with Gasteiger partial charge in [-0.2, -0.15) is 0 Å². The van der Waals surface area contributed by atoms with Gasteiger partial charge in [0.1, 0.15) is 7.80 Å². The SMILES string of the molecule is O=[PH](c1ccccc1)c1ccccc1.[Cl-].[Pd]. The third-order valence-electron chi connectivity index (χ3n) is 2.07. The van der Waals surface area contributed by atoms with E-state index in [-0.39, 0.29) is 32.8 Å². The maximum atomic E-state index is 12.0. The monoisotopic (exact) mass is 343 g/mol. The van der Waals surface area contributed by atoms with Crippen LogP contribution in [0.1, 0.15) is 0 Å². The summed E-state index contributed by atoms with van der Waals surface area (Å²) in [5.41, 5.74) is 0. The Morgan fingerprint density at radius 2 is 1.00 bits per heavy atom. The number of benzene rings is 2. The first-order valence-electron chi connectivity index (χ1n) is 4.53. The van der Waals surface area contributed by atoms with Crippen LogP contribution >= 0.6 is 7.80 Å². The number of hydrogen-bond donors (Lipinski definition) is 0. The van der Waals surface area contributed by atoms with Gasteiger partial charge < -0.3 is 17.0 Å². The van der Waals surface area contributed by atoms with E-state index in [2.05, 4.69) is 0 Å². The van der Waals surface area contributed by atoms with Gasteiger partial charge in [0.25, 0.3) is 0 Å². The molecular weight excluding hydrogens is 333 g/mol. The first-order valence-corrected chi connectivity index (χ1v) is 5.93. The van der Waals surface area contributed by atoms with Crippen LogP contribution in [-0.4, -0.2) is 0 Å². The molecule has 0 heterocycles. The predicted molar refractivity (Wildman–Crippen MR) is 61.2 cm³/mol. The molecule has 2 rings (SSSR count). The molecule has 0 saturated heterocycles. The van der Waals surface area contributed by atoms with Crippen molar-refractivity contribution < 1.29 is 37.4 Å². The third-order valence-corrected chi connectivity index (χ3v) is 3.79. The molecule has 0 saturated carbocycles. The molecule has 0 aromatic heterocycles. The fourth-order valence-corrected chi connectivity index (χ4v) is 2.67.